The van der Waals surface area contributed by atoms with Crippen molar-refractivity contribution >= 4 is 16.9 Å². The van der Waals surface area contributed by atoms with Gasteiger partial charge in [0.1, 0.15) is 5.75 Å². The highest BCUT2D eigenvalue weighted by Crippen LogP contribution is 2.39. The summed E-state index contributed by atoms with van der Waals surface area (Å²) in [6.45, 7) is 4.76. The van der Waals surface area contributed by atoms with E-state index in [-0.39, 0.29) is 11.5 Å². The molecule has 5 rings (SSSR count). The average molecular weight is 420 g/mol. The molecular weight excluding hydrogens is 390 g/mol. The van der Waals surface area contributed by atoms with Gasteiger partial charge in [0.2, 0.25) is 0 Å². The Kier molecular flexibility index (Phi) is 5.42. The first-order valence-corrected chi connectivity index (χ1v) is 11.2. The summed E-state index contributed by atoms with van der Waals surface area (Å²) in [6, 6.07) is 16.1. The third-order valence-corrected chi connectivity index (χ3v) is 6.46. The van der Waals surface area contributed by atoms with Crippen molar-refractivity contribution in [1.82, 2.24) is 15.6 Å². The Morgan fingerprint density at radius 3 is 2.84 bits per heavy atom. The van der Waals surface area contributed by atoms with Gasteiger partial charge < -0.3 is 25.1 Å². The minimum Gasteiger partial charge on any atom is -0.494 e. The average Bonchev–Trinajstić information content (AvgIpc) is 3.40. The van der Waals surface area contributed by atoms with E-state index in [1.54, 1.807) is 0 Å². The SMILES string of the molecule is CCOC(=O)c1ccc2[nH]c3c(c2c1)CC(CCOc1ccccc1)N[C@@]31CCNC1. The standard InChI is InChI=1S/C25H29N3O3/c1-2-30-24(29)17-8-9-22-20(14-17)21-15-18(10-13-31-19-6-4-3-5-7-19)28-25(23(21)27-22)11-12-26-16-25/h3-9,14,18,26-28H,2,10-13,15-16H2,1H3/t18?,25-/m1/s1. The van der Waals surface area contributed by atoms with Crippen LogP contribution in [0.2, 0.25) is 0 Å². The van der Waals surface area contributed by atoms with Gasteiger partial charge in [-0.15, -0.1) is 0 Å². The second kappa shape index (κ2) is 8.36. The number of para-hydroxylation sites is 1. The predicted octanol–water partition coefficient (Wildman–Crippen LogP) is 3.52. The Morgan fingerprint density at radius 2 is 2.06 bits per heavy atom. The van der Waals surface area contributed by atoms with Crippen molar-refractivity contribution in [3.63, 3.8) is 0 Å². The van der Waals surface area contributed by atoms with Crippen molar-refractivity contribution in [2.24, 2.45) is 0 Å². The van der Waals surface area contributed by atoms with Gasteiger partial charge >= 0.3 is 5.97 Å². The number of H-pyrrole nitrogens is 1. The Bertz CT molecular complexity index is 1070. The molecule has 1 spiro atoms. The zero-order valence-electron chi connectivity index (χ0n) is 17.9. The Hall–Kier alpha value is -2.83. The lowest BCUT2D eigenvalue weighted by atomic mass is 9.82. The summed E-state index contributed by atoms with van der Waals surface area (Å²) in [5, 5.41) is 8.58. The maximum Gasteiger partial charge on any atom is 0.338 e. The topological polar surface area (TPSA) is 75.4 Å². The molecular formula is C25H29N3O3. The zero-order chi connectivity index (χ0) is 21.3. The van der Waals surface area contributed by atoms with Crippen molar-refractivity contribution in [2.75, 3.05) is 26.3 Å². The molecule has 0 bridgehead atoms. The van der Waals surface area contributed by atoms with E-state index in [2.05, 4.69) is 15.6 Å². The second-order valence-corrected chi connectivity index (χ2v) is 8.46. The molecule has 0 radical (unpaired) electrons. The smallest absolute Gasteiger partial charge is 0.338 e. The highest BCUT2D eigenvalue weighted by atomic mass is 16.5. The molecule has 1 unspecified atom stereocenters. The summed E-state index contributed by atoms with van der Waals surface area (Å²) in [6.07, 6.45) is 2.86. The van der Waals surface area contributed by atoms with Crippen LogP contribution < -0.4 is 15.4 Å². The number of hydrogen-bond acceptors (Lipinski definition) is 5. The molecule has 162 valence electrons. The quantitative estimate of drug-likeness (QED) is 0.533. The van der Waals surface area contributed by atoms with Crippen LogP contribution in [-0.4, -0.2) is 43.3 Å². The van der Waals surface area contributed by atoms with Crippen LogP contribution in [0.15, 0.2) is 48.5 Å². The number of carbonyl (C=O) groups excluding carboxylic acids is 1. The number of hydrogen-bond donors (Lipinski definition) is 3. The molecule has 2 aliphatic heterocycles. The molecule has 31 heavy (non-hydrogen) atoms. The van der Waals surface area contributed by atoms with E-state index in [0.717, 1.165) is 49.0 Å². The van der Waals surface area contributed by atoms with Crippen LogP contribution in [0.3, 0.4) is 0 Å². The van der Waals surface area contributed by atoms with Crippen molar-refractivity contribution in [2.45, 2.75) is 37.8 Å². The molecule has 3 heterocycles. The molecule has 1 fully saturated rings. The highest BCUT2D eigenvalue weighted by molar-refractivity contribution is 5.96. The third kappa shape index (κ3) is 3.82. The lowest BCUT2D eigenvalue weighted by molar-refractivity contribution is 0.0526. The number of esters is 1. The largest absolute Gasteiger partial charge is 0.494 e. The van der Waals surface area contributed by atoms with Gasteiger partial charge in [0.25, 0.3) is 0 Å². The Morgan fingerprint density at radius 1 is 1.19 bits per heavy atom. The van der Waals surface area contributed by atoms with Gasteiger partial charge in [-0.25, -0.2) is 4.79 Å². The lowest BCUT2D eigenvalue weighted by Gasteiger charge is -2.39. The summed E-state index contributed by atoms with van der Waals surface area (Å²) in [5.74, 6) is 0.640. The number of aromatic amines is 1. The number of nitrogens with one attached hydrogen (secondary N) is 3. The maximum atomic E-state index is 12.3. The first-order valence-electron chi connectivity index (χ1n) is 11.2. The van der Waals surface area contributed by atoms with Crippen LogP contribution in [0.25, 0.3) is 10.9 Å². The molecule has 0 amide bonds. The predicted molar refractivity (Wildman–Crippen MR) is 121 cm³/mol. The molecule has 3 N–H and O–H groups in total. The minimum absolute atomic E-state index is 0.103. The Labute approximate surface area is 182 Å². The van der Waals surface area contributed by atoms with E-state index in [1.807, 2.05) is 55.5 Å². The van der Waals surface area contributed by atoms with Crippen LogP contribution in [-0.2, 0) is 16.7 Å². The van der Waals surface area contributed by atoms with Gasteiger partial charge in [-0.2, -0.15) is 0 Å². The zero-order valence-corrected chi connectivity index (χ0v) is 17.9. The van der Waals surface area contributed by atoms with Gasteiger partial charge in [0.15, 0.2) is 0 Å². The van der Waals surface area contributed by atoms with Crippen LogP contribution in [0, 0.1) is 0 Å². The maximum absolute atomic E-state index is 12.3. The fraction of sp³-hybridized carbons (Fsp3) is 0.400. The minimum atomic E-state index is -0.265. The van der Waals surface area contributed by atoms with E-state index in [1.165, 1.54) is 11.3 Å². The highest BCUT2D eigenvalue weighted by Gasteiger charge is 2.44. The van der Waals surface area contributed by atoms with Crippen molar-refractivity contribution in [3.8, 4) is 5.75 Å². The number of benzene rings is 2. The molecule has 1 aromatic heterocycles. The number of fused-ring (bicyclic) bond motifs is 4. The monoisotopic (exact) mass is 419 g/mol. The normalized spacial score (nSPS) is 22.5. The molecule has 6 nitrogen and oxygen atoms in total. The first-order chi connectivity index (χ1) is 15.2. The molecule has 2 aliphatic rings. The fourth-order valence-electron chi connectivity index (χ4n) is 5.01. The van der Waals surface area contributed by atoms with E-state index in [9.17, 15) is 4.79 Å². The van der Waals surface area contributed by atoms with Crippen LogP contribution in [0.4, 0.5) is 0 Å². The van der Waals surface area contributed by atoms with Gasteiger partial charge in [-0.05, 0) is 68.6 Å². The van der Waals surface area contributed by atoms with Gasteiger partial charge in [0.05, 0.1) is 24.3 Å². The summed E-state index contributed by atoms with van der Waals surface area (Å²) >= 11 is 0. The molecule has 3 aromatic rings. The van der Waals surface area contributed by atoms with Crippen molar-refractivity contribution in [3.05, 3.63) is 65.4 Å². The van der Waals surface area contributed by atoms with Crippen LogP contribution >= 0.6 is 0 Å². The first kappa shape index (κ1) is 20.1. The summed E-state index contributed by atoms with van der Waals surface area (Å²) < 4.78 is 11.2. The fourth-order valence-corrected chi connectivity index (χ4v) is 5.01. The second-order valence-electron chi connectivity index (χ2n) is 8.46. The summed E-state index contributed by atoms with van der Waals surface area (Å²) in [5.41, 5.74) is 4.15. The number of ether oxygens (including phenoxy) is 2. The molecule has 0 saturated carbocycles. The number of carbonyl (C=O) groups is 1. The van der Waals surface area contributed by atoms with Crippen molar-refractivity contribution in [1.29, 1.82) is 0 Å². The van der Waals surface area contributed by atoms with E-state index in [4.69, 9.17) is 9.47 Å². The molecule has 2 aromatic carbocycles. The molecule has 6 heteroatoms. The van der Waals surface area contributed by atoms with Crippen LogP contribution in [0.5, 0.6) is 5.75 Å². The van der Waals surface area contributed by atoms with Gasteiger partial charge in [-0.3, -0.25) is 0 Å². The van der Waals surface area contributed by atoms with Crippen molar-refractivity contribution < 1.29 is 14.3 Å². The summed E-state index contributed by atoms with van der Waals surface area (Å²) in [4.78, 5) is 16.0. The van der Waals surface area contributed by atoms with Crippen LogP contribution in [0.1, 0.15) is 41.4 Å². The van der Waals surface area contributed by atoms with Gasteiger partial charge in [-0.1, -0.05) is 18.2 Å². The Balaban J connectivity index is 1.43. The lowest BCUT2D eigenvalue weighted by Crippen LogP contribution is -2.54. The van der Waals surface area contributed by atoms with Gasteiger partial charge in [0, 0.05) is 29.2 Å². The summed E-state index contributed by atoms with van der Waals surface area (Å²) in [7, 11) is 0. The van der Waals surface area contributed by atoms with E-state index in [0.29, 0.717) is 24.8 Å². The molecule has 1 saturated heterocycles. The number of rotatable bonds is 6. The van der Waals surface area contributed by atoms with E-state index < -0.39 is 0 Å². The molecule has 2 atom stereocenters. The number of aromatic nitrogens is 1. The van der Waals surface area contributed by atoms with E-state index >= 15 is 0 Å². The molecule has 0 aliphatic carbocycles. The third-order valence-electron chi connectivity index (χ3n) is 6.46.